The monoisotopic (exact) mass is 308 g/mol. The molecule has 0 radical (unpaired) electrons. The number of hydrogen-bond donors (Lipinski definition) is 1. The van der Waals surface area contributed by atoms with E-state index in [9.17, 15) is 14.4 Å². The summed E-state index contributed by atoms with van der Waals surface area (Å²) < 4.78 is 0. The lowest BCUT2D eigenvalue weighted by molar-refractivity contribution is -0.121. The molecule has 0 aliphatic carbocycles. The summed E-state index contributed by atoms with van der Waals surface area (Å²) in [6.07, 6.45) is 0.489. The molecule has 0 spiro atoms. The van der Waals surface area contributed by atoms with Crippen LogP contribution in [0, 0.1) is 6.92 Å². The molecule has 3 amide bonds. The number of aryl methyl sites for hydroxylation is 1. The second kappa shape index (κ2) is 6.04. The highest BCUT2D eigenvalue weighted by molar-refractivity contribution is 6.20. The first kappa shape index (κ1) is 15.0. The number of rotatable bonds is 3. The van der Waals surface area contributed by atoms with Crippen molar-refractivity contribution in [2.45, 2.75) is 19.8 Å². The number of imide groups is 1. The first-order valence-corrected chi connectivity index (χ1v) is 7.38. The minimum absolute atomic E-state index is 0.202. The summed E-state index contributed by atoms with van der Waals surface area (Å²) in [6, 6.07) is 14.0. The largest absolute Gasteiger partial charge is 0.322 e. The Hall–Kier alpha value is -2.95. The van der Waals surface area contributed by atoms with E-state index >= 15 is 0 Å². The van der Waals surface area contributed by atoms with Gasteiger partial charge in [-0.05, 0) is 48.9 Å². The highest BCUT2D eigenvalue weighted by Crippen LogP contribution is 2.23. The number of anilines is 2. The summed E-state index contributed by atoms with van der Waals surface area (Å²) in [5.41, 5.74) is 2.76. The lowest BCUT2D eigenvalue weighted by Gasteiger charge is -2.14. The summed E-state index contributed by atoms with van der Waals surface area (Å²) in [6.45, 7) is 1.95. The molecule has 1 aliphatic rings. The third-order valence-corrected chi connectivity index (χ3v) is 3.72. The maximum absolute atomic E-state index is 12.2. The Morgan fingerprint density at radius 1 is 1.00 bits per heavy atom. The van der Waals surface area contributed by atoms with Crippen molar-refractivity contribution >= 4 is 29.1 Å². The van der Waals surface area contributed by atoms with Crippen molar-refractivity contribution in [3.8, 4) is 0 Å². The van der Waals surface area contributed by atoms with E-state index < -0.39 is 0 Å². The van der Waals surface area contributed by atoms with Crippen molar-refractivity contribution in [2.24, 2.45) is 0 Å². The topological polar surface area (TPSA) is 66.5 Å². The lowest BCUT2D eigenvalue weighted by Crippen LogP contribution is -2.28. The van der Waals surface area contributed by atoms with E-state index in [2.05, 4.69) is 5.32 Å². The van der Waals surface area contributed by atoms with Crippen molar-refractivity contribution in [1.29, 1.82) is 0 Å². The molecule has 0 saturated carbocycles. The van der Waals surface area contributed by atoms with Crippen LogP contribution < -0.4 is 10.2 Å². The number of nitrogens with zero attached hydrogens (tertiary/aromatic N) is 1. The van der Waals surface area contributed by atoms with E-state index in [-0.39, 0.29) is 30.6 Å². The van der Waals surface area contributed by atoms with E-state index in [1.54, 1.807) is 24.3 Å². The molecule has 1 heterocycles. The van der Waals surface area contributed by atoms with Gasteiger partial charge in [-0.2, -0.15) is 0 Å². The summed E-state index contributed by atoms with van der Waals surface area (Å²) in [4.78, 5) is 36.8. The molecule has 2 aromatic rings. The van der Waals surface area contributed by atoms with Crippen LogP contribution in [-0.2, 0) is 9.59 Å². The third-order valence-electron chi connectivity index (χ3n) is 3.72. The van der Waals surface area contributed by atoms with Gasteiger partial charge in [0.1, 0.15) is 0 Å². The first-order chi connectivity index (χ1) is 11.0. The van der Waals surface area contributed by atoms with Crippen LogP contribution in [0.3, 0.4) is 0 Å². The zero-order valence-electron chi connectivity index (χ0n) is 12.7. The number of carbonyl (C=O) groups excluding carboxylic acids is 3. The predicted molar refractivity (Wildman–Crippen MR) is 87.3 cm³/mol. The fourth-order valence-corrected chi connectivity index (χ4v) is 2.55. The van der Waals surface area contributed by atoms with Crippen molar-refractivity contribution in [3.63, 3.8) is 0 Å². The van der Waals surface area contributed by atoms with Gasteiger partial charge in [-0.1, -0.05) is 12.1 Å². The normalized spacial score (nSPS) is 14.2. The van der Waals surface area contributed by atoms with E-state index in [4.69, 9.17) is 0 Å². The van der Waals surface area contributed by atoms with Crippen LogP contribution in [0.15, 0.2) is 48.5 Å². The van der Waals surface area contributed by atoms with Gasteiger partial charge in [-0.15, -0.1) is 0 Å². The van der Waals surface area contributed by atoms with Crippen LogP contribution in [0.1, 0.15) is 28.8 Å². The average Bonchev–Trinajstić information content (AvgIpc) is 2.86. The van der Waals surface area contributed by atoms with Gasteiger partial charge in [-0.3, -0.25) is 19.3 Å². The van der Waals surface area contributed by atoms with E-state index in [1.165, 1.54) is 4.90 Å². The summed E-state index contributed by atoms with van der Waals surface area (Å²) in [7, 11) is 0. The molecule has 23 heavy (non-hydrogen) atoms. The van der Waals surface area contributed by atoms with Crippen LogP contribution in [0.5, 0.6) is 0 Å². The Morgan fingerprint density at radius 3 is 2.26 bits per heavy atom. The van der Waals surface area contributed by atoms with Crippen molar-refractivity contribution in [1.82, 2.24) is 0 Å². The minimum Gasteiger partial charge on any atom is -0.322 e. The lowest BCUT2D eigenvalue weighted by atomic mass is 10.1. The quantitative estimate of drug-likeness (QED) is 0.887. The van der Waals surface area contributed by atoms with Crippen LogP contribution in [-0.4, -0.2) is 17.7 Å². The summed E-state index contributed by atoms with van der Waals surface area (Å²) in [5, 5.41) is 2.82. The van der Waals surface area contributed by atoms with Gasteiger partial charge in [0, 0.05) is 24.1 Å². The molecule has 1 aliphatic heterocycles. The molecule has 1 saturated heterocycles. The van der Waals surface area contributed by atoms with Gasteiger partial charge in [0.05, 0.1) is 5.69 Å². The Kier molecular flexibility index (Phi) is 3.93. The fraction of sp³-hybridized carbons (Fsp3) is 0.167. The maximum Gasteiger partial charge on any atom is 0.255 e. The molecular weight excluding hydrogens is 292 g/mol. The maximum atomic E-state index is 12.2. The molecule has 3 rings (SSSR count). The van der Waals surface area contributed by atoms with Gasteiger partial charge in [0.2, 0.25) is 11.8 Å². The molecule has 116 valence electrons. The molecule has 1 fully saturated rings. The first-order valence-electron chi connectivity index (χ1n) is 7.38. The Labute approximate surface area is 133 Å². The van der Waals surface area contributed by atoms with Gasteiger partial charge in [0.25, 0.3) is 5.91 Å². The molecule has 0 aromatic heterocycles. The number of amides is 3. The molecule has 5 heteroatoms. The Morgan fingerprint density at radius 2 is 1.65 bits per heavy atom. The predicted octanol–water partition coefficient (Wildman–Crippen LogP) is 2.90. The van der Waals surface area contributed by atoms with Gasteiger partial charge < -0.3 is 5.32 Å². The van der Waals surface area contributed by atoms with Crippen molar-refractivity contribution in [3.05, 3.63) is 59.7 Å². The number of hydrogen-bond acceptors (Lipinski definition) is 3. The molecule has 1 N–H and O–H groups in total. The highest BCUT2D eigenvalue weighted by atomic mass is 16.2. The van der Waals surface area contributed by atoms with Gasteiger partial charge >= 0.3 is 0 Å². The summed E-state index contributed by atoms with van der Waals surface area (Å²) >= 11 is 0. The molecule has 2 aromatic carbocycles. The third kappa shape index (κ3) is 3.13. The SMILES string of the molecule is Cc1cccc(NC(=O)c2ccc(N3C(=O)CCC3=O)cc2)c1. The van der Waals surface area contributed by atoms with Crippen LogP contribution in [0.25, 0.3) is 0 Å². The van der Waals surface area contributed by atoms with Gasteiger partial charge in [-0.25, -0.2) is 0 Å². The standard InChI is InChI=1S/C18H16N2O3/c1-12-3-2-4-14(11-12)19-18(23)13-5-7-15(8-6-13)20-16(21)9-10-17(20)22/h2-8,11H,9-10H2,1H3,(H,19,23). The van der Waals surface area contributed by atoms with Crippen LogP contribution >= 0.6 is 0 Å². The average molecular weight is 308 g/mol. The fourth-order valence-electron chi connectivity index (χ4n) is 2.55. The zero-order valence-corrected chi connectivity index (χ0v) is 12.7. The zero-order chi connectivity index (χ0) is 16.4. The smallest absolute Gasteiger partial charge is 0.255 e. The van der Waals surface area contributed by atoms with Gasteiger partial charge in [0.15, 0.2) is 0 Å². The van der Waals surface area contributed by atoms with Crippen LogP contribution in [0.2, 0.25) is 0 Å². The van der Waals surface area contributed by atoms with Crippen molar-refractivity contribution in [2.75, 3.05) is 10.2 Å². The van der Waals surface area contributed by atoms with Crippen molar-refractivity contribution < 1.29 is 14.4 Å². The molecular formula is C18H16N2O3. The number of benzene rings is 2. The minimum atomic E-state index is -0.235. The summed E-state index contributed by atoms with van der Waals surface area (Å²) in [5.74, 6) is -0.639. The Bertz CT molecular complexity index is 765. The molecule has 0 bridgehead atoms. The second-order valence-electron chi connectivity index (χ2n) is 5.49. The number of carbonyl (C=O) groups is 3. The Balaban J connectivity index is 1.75. The van der Waals surface area contributed by atoms with E-state index in [0.717, 1.165) is 11.3 Å². The second-order valence-corrected chi connectivity index (χ2v) is 5.49. The molecule has 0 unspecified atom stereocenters. The van der Waals surface area contributed by atoms with E-state index in [1.807, 2.05) is 31.2 Å². The highest BCUT2D eigenvalue weighted by Gasteiger charge is 2.30. The van der Waals surface area contributed by atoms with Crippen LogP contribution in [0.4, 0.5) is 11.4 Å². The van der Waals surface area contributed by atoms with E-state index in [0.29, 0.717) is 11.3 Å². The number of nitrogens with one attached hydrogen (secondary N) is 1. The molecule has 5 nitrogen and oxygen atoms in total. The molecule has 0 atom stereocenters.